The highest BCUT2D eigenvalue weighted by Crippen LogP contribution is 2.57. The molecule has 3 aliphatic heterocycles. The number of nitrogens with zero attached hydrogens (tertiary/aromatic N) is 1. The average Bonchev–Trinajstić information content (AvgIpc) is 3.23. The highest BCUT2D eigenvalue weighted by molar-refractivity contribution is 7.99. The van der Waals surface area contributed by atoms with Crippen LogP contribution in [0.1, 0.15) is 28.7 Å². The van der Waals surface area contributed by atoms with Gasteiger partial charge in [-0.25, -0.2) is 4.40 Å². The van der Waals surface area contributed by atoms with E-state index in [9.17, 15) is 13.2 Å². The predicted molar refractivity (Wildman–Crippen MR) is 109 cm³/mol. The molecule has 1 fully saturated rings. The van der Waals surface area contributed by atoms with Gasteiger partial charge in [-0.15, -0.1) is 0 Å². The lowest BCUT2D eigenvalue weighted by Gasteiger charge is -2.39. The van der Waals surface area contributed by atoms with E-state index in [2.05, 4.69) is 9.71 Å². The van der Waals surface area contributed by atoms with Gasteiger partial charge in [-0.05, 0) is 58.5 Å². The fraction of sp³-hybridized carbons (Fsp3) is 0.350. The second-order valence-electron chi connectivity index (χ2n) is 7.55. The van der Waals surface area contributed by atoms with E-state index >= 15 is 0 Å². The first-order valence-corrected chi connectivity index (χ1v) is 10.5. The zero-order chi connectivity index (χ0) is 20.4. The zero-order valence-electron chi connectivity index (χ0n) is 14.9. The number of hydrogen-bond donors (Lipinski definition) is 1. The molecule has 1 saturated heterocycles. The van der Waals surface area contributed by atoms with Crippen LogP contribution in [0, 0.1) is 0 Å². The van der Waals surface area contributed by atoms with E-state index in [0.717, 1.165) is 24.2 Å². The molecule has 0 radical (unpaired) electrons. The third-order valence-corrected chi connectivity index (χ3v) is 7.44. The fourth-order valence-electron chi connectivity index (χ4n) is 4.12. The topological polar surface area (TPSA) is 33.6 Å². The second kappa shape index (κ2) is 6.62. The summed E-state index contributed by atoms with van der Waals surface area (Å²) in [5, 5.41) is 3.54. The van der Waals surface area contributed by atoms with Crippen LogP contribution >= 0.6 is 35.1 Å². The maximum Gasteiger partial charge on any atom is 0.409 e. The summed E-state index contributed by atoms with van der Waals surface area (Å²) in [5.74, 6) is 0. The summed E-state index contributed by atoms with van der Waals surface area (Å²) in [6.07, 6.45) is -4.82. The van der Waals surface area contributed by atoms with Crippen LogP contribution < -0.4 is 5.32 Å². The number of fused-ring (bicyclic) bond motifs is 2. The number of halogens is 5. The van der Waals surface area contributed by atoms with Gasteiger partial charge in [-0.1, -0.05) is 35.3 Å². The summed E-state index contributed by atoms with van der Waals surface area (Å²) in [6, 6.07) is 9.75. The van der Waals surface area contributed by atoms with Crippen molar-refractivity contribution in [2.24, 2.45) is 4.40 Å². The quantitative estimate of drug-likeness (QED) is 0.592. The van der Waals surface area contributed by atoms with Crippen molar-refractivity contribution < 1.29 is 17.9 Å². The Balaban J connectivity index is 1.50. The third kappa shape index (κ3) is 3.01. The van der Waals surface area contributed by atoms with Crippen molar-refractivity contribution in [3.8, 4) is 0 Å². The lowest BCUT2D eigenvalue weighted by atomic mass is 9.85. The lowest BCUT2D eigenvalue weighted by Crippen LogP contribution is -2.56. The van der Waals surface area contributed by atoms with Gasteiger partial charge in [0.15, 0.2) is 4.75 Å². The first-order valence-electron chi connectivity index (χ1n) is 8.99. The van der Waals surface area contributed by atoms with Crippen molar-refractivity contribution in [3.63, 3.8) is 0 Å². The molecule has 3 aliphatic rings. The molecule has 0 aromatic heterocycles. The van der Waals surface area contributed by atoms with Crippen molar-refractivity contribution in [1.82, 2.24) is 5.32 Å². The van der Waals surface area contributed by atoms with Crippen LogP contribution in [-0.2, 0) is 21.7 Å². The molecule has 2 aromatic rings. The van der Waals surface area contributed by atoms with E-state index < -0.39 is 10.9 Å². The molecule has 0 saturated carbocycles. The van der Waals surface area contributed by atoms with Crippen LogP contribution in [0.5, 0.6) is 0 Å². The Morgan fingerprint density at radius 3 is 2.41 bits per heavy atom. The maximum atomic E-state index is 14.2. The molecule has 2 aromatic carbocycles. The number of hydrogen-bond acceptors (Lipinski definition) is 4. The Bertz CT molecular complexity index is 1020. The molecule has 0 bridgehead atoms. The largest absolute Gasteiger partial charge is 0.409 e. The van der Waals surface area contributed by atoms with Gasteiger partial charge in [0.2, 0.25) is 0 Å². The first-order chi connectivity index (χ1) is 13.7. The van der Waals surface area contributed by atoms with Gasteiger partial charge in [0.25, 0.3) is 0 Å². The van der Waals surface area contributed by atoms with Crippen molar-refractivity contribution in [1.29, 1.82) is 0 Å². The minimum Gasteiger partial charge on any atom is -0.363 e. The third-order valence-electron chi connectivity index (χ3n) is 5.77. The fourth-order valence-corrected chi connectivity index (χ4v) is 5.61. The number of ether oxygens (including phenoxy) is 1. The zero-order valence-corrected chi connectivity index (χ0v) is 17.3. The van der Waals surface area contributed by atoms with E-state index in [1.807, 2.05) is 18.2 Å². The predicted octanol–water partition coefficient (Wildman–Crippen LogP) is 5.62. The Morgan fingerprint density at radius 1 is 1.07 bits per heavy atom. The molecular formula is C20H15Cl2F3N2OS. The number of nitrogens with one attached hydrogen (secondary N) is 1. The van der Waals surface area contributed by atoms with E-state index in [-0.39, 0.29) is 27.6 Å². The average molecular weight is 459 g/mol. The molecule has 1 spiro atoms. The van der Waals surface area contributed by atoms with E-state index in [1.54, 1.807) is 0 Å². The summed E-state index contributed by atoms with van der Waals surface area (Å²) in [4.78, 5) is 0. The Hall–Kier alpha value is -1.25. The van der Waals surface area contributed by atoms with Crippen LogP contribution in [0.15, 0.2) is 40.8 Å². The molecule has 1 atom stereocenters. The summed E-state index contributed by atoms with van der Waals surface area (Å²) < 4.78 is 50.6. The highest BCUT2D eigenvalue weighted by Gasteiger charge is 2.60. The standard InChI is InChI=1S/C20H15Cl2F3N2OS/c21-14-4-13(5-15(22)6-14)19(20(23,24)25)7-17(27-29-19)11-1-2-16-12(3-11)8-28-18(16)9-26-10-18/h1-6,26H,7-10H2. The number of alkyl halides is 3. The smallest absolute Gasteiger partial charge is 0.363 e. The van der Waals surface area contributed by atoms with E-state index in [1.165, 1.54) is 18.2 Å². The SMILES string of the molecule is FC(F)(F)C1(c2cc(Cl)cc(Cl)c2)CC(c2ccc3c(c2)COC32CNC2)=NS1. The van der Waals surface area contributed by atoms with Crippen LogP contribution in [-0.4, -0.2) is 25.0 Å². The lowest BCUT2D eigenvalue weighted by molar-refractivity contribution is -0.159. The van der Waals surface area contributed by atoms with Crippen LogP contribution in [0.25, 0.3) is 0 Å². The molecular weight excluding hydrogens is 444 g/mol. The van der Waals surface area contributed by atoms with Crippen molar-refractivity contribution in [2.75, 3.05) is 13.1 Å². The van der Waals surface area contributed by atoms with E-state index in [4.69, 9.17) is 27.9 Å². The Kier molecular flexibility index (Phi) is 4.50. The van der Waals surface area contributed by atoms with Gasteiger partial charge >= 0.3 is 6.18 Å². The maximum absolute atomic E-state index is 14.2. The van der Waals surface area contributed by atoms with Crippen LogP contribution in [0.4, 0.5) is 13.2 Å². The van der Waals surface area contributed by atoms with Crippen LogP contribution in [0.3, 0.4) is 0 Å². The van der Waals surface area contributed by atoms with Crippen molar-refractivity contribution >= 4 is 40.9 Å². The summed E-state index contributed by atoms with van der Waals surface area (Å²) in [7, 11) is 0. The number of benzene rings is 2. The van der Waals surface area contributed by atoms with Gasteiger partial charge in [0.05, 0.1) is 12.3 Å². The molecule has 1 unspecified atom stereocenters. The highest BCUT2D eigenvalue weighted by atomic mass is 35.5. The molecule has 9 heteroatoms. The van der Waals surface area contributed by atoms with Gasteiger partial charge < -0.3 is 10.1 Å². The molecule has 0 amide bonds. The Morgan fingerprint density at radius 2 is 1.79 bits per heavy atom. The monoisotopic (exact) mass is 458 g/mol. The Labute approximate surface area is 179 Å². The second-order valence-corrected chi connectivity index (χ2v) is 9.48. The molecule has 29 heavy (non-hydrogen) atoms. The van der Waals surface area contributed by atoms with Gasteiger partial charge in [-0.3, -0.25) is 0 Å². The minimum atomic E-state index is -4.53. The van der Waals surface area contributed by atoms with Gasteiger partial charge in [-0.2, -0.15) is 13.2 Å². The first kappa shape index (κ1) is 19.7. The summed E-state index contributed by atoms with van der Waals surface area (Å²) in [6.45, 7) is 1.96. The molecule has 1 N–H and O–H groups in total. The molecule has 3 heterocycles. The number of rotatable bonds is 2. The van der Waals surface area contributed by atoms with Crippen molar-refractivity contribution in [3.05, 3.63) is 68.7 Å². The van der Waals surface area contributed by atoms with Crippen molar-refractivity contribution in [2.45, 2.75) is 29.6 Å². The molecule has 5 rings (SSSR count). The van der Waals surface area contributed by atoms with Gasteiger partial charge in [0.1, 0.15) is 5.60 Å². The van der Waals surface area contributed by atoms with Gasteiger partial charge in [0, 0.05) is 29.6 Å². The van der Waals surface area contributed by atoms with E-state index in [0.29, 0.717) is 29.8 Å². The summed E-state index contributed by atoms with van der Waals surface area (Å²) in [5.41, 5.74) is 2.92. The minimum absolute atomic E-state index is 0.00948. The normalized spacial score (nSPS) is 25.1. The molecule has 152 valence electrons. The summed E-state index contributed by atoms with van der Waals surface area (Å²) >= 11 is 12.5. The molecule has 0 aliphatic carbocycles. The molecule has 3 nitrogen and oxygen atoms in total. The van der Waals surface area contributed by atoms with Crippen LogP contribution in [0.2, 0.25) is 10.0 Å².